The number of hydrogen-bond donors (Lipinski definition) is 5. The van der Waals surface area contributed by atoms with Crippen LogP contribution < -0.4 is 15.2 Å². The number of nitrogens with zero attached hydrogens (tertiary/aromatic N) is 1. The van der Waals surface area contributed by atoms with Crippen LogP contribution in [0.25, 0.3) is 0 Å². The number of aliphatic carboxylic acids is 1. The lowest BCUT2D eigenvalue weighted by Crippen LogP contribution is -2.55. The Kier molecular flexibility index (Phi) is 11.5. The molecule has 0 aromatic heterocycles. The van der Waals surface area contributed by atoms with Gasteiger partial charge in [-0.25, -0.2) is 4.57 Å². The molecule has 3 atom stereocenters. The van der Waals surface area contributed by atoms with Crippen molar-refractivity contribution in [3.05, 3.63) is 65.7 Å². The van der Waals surface area contributed by atoms with Crippen molar-refractivity contribution in [1.29, 1.82) is 0 Å². The van der Waals surface area contributed by atoms with Gasteiger partial charge in [0.25, 0.3) is 0 Å². The topological polar surface area (TPSA) is 183 Å². The van der Waals surface area contributed by atoms with E-state index in [9.17, 15) is 28.8 Å². The van der Waals surface area contributed by atoms with Crippen LogP contribution in [0.15, 0.2) is 54.6 Å². The average molecular weight is 590 g/mol. The fraction of sp³-hybridized carbons (Fsp3) is 0.429. The van der Waals surface area contributed by atoms with Crippen LogP contribution in [0.1, 0.15) is 50.2 Å². The van der Waals surface area contributed by atoms with Crippen LogP contribution >= 0.6 is 7.82 Å². The van der Waals surface area contributed by atoms with E-state index in [1.165, 1.54) is 31.2 Å². The minimum Gasteiger partial charge on any atom is -0.481 e. The van der Waals surface area contributed by atoms with E-state index in [2.05, 4.69) is 15.2 Å². The fourth-order valence-corrected chi connectivity index (χ4v) is 5.31. The summed E-state index contributed by atoms with van der Waals surface area (Å²) in [6.45, 7) is 1.75. The summed E-state index contributed by atoms with van der Waals surface area (Å²) in [6, 6.07) is 13.3. The minimum atomic E-state index is -4.74. The van der Waals surface area contributed by atoms with Gasteiger partial charge in [-0.2, -0.15) is 0 Å². The van der Waals surface area contributed by atoms with Crippen molar-refractivity contribution >= 4 is 31.5 Å². The van der Waals surface area contributed by atoms with Gasteiger partial charge >= 0.3 is 13.8 Å². The third-order valence-electron chi connectivity index (χ3n) is 6.81. The van der Waals surface area contributed by atoms with E-state index in [1.807, 2.05) is 30.3 Å². The molecule has 2 aromatic rings. The molecular formula is C28H36N3O9P. The number of amides is 3. The van der Waals surface area contributed by atoms with E-state index in [0.717, 1.165) is 31.2 Å². The number of hydrogen-bond acceptors (Lipinski definition) is 6. The van der Waals surface area contributed by atoms with Crippen LogP contribution in [0.5, 0.6) is 5.75 Å². The fourth-order valence-electron chi connectivity index (χ4n) is 4.92. The number of likely N-dealkylation sites (tertiary alicyclic amines) is 1. The molecule has 222 valence electrons. The van der Waals surface area contributed by atoms with E-state index < -0.39 is 37.7 Å². The highest BCUT2D eigenvalue weighted by molar-refractivity contribution is 7.46. The third-order valence-corrected chi connectivity index (χ3v) is 7.26. The summed E-state index contributed by atoms with van der Waals surface area (Å²) >= 11 is 0. The lowest BCUT2D eigenvalue weighted by molar-refractivity contribution is -0.140. The average Bonchev–Trinajstić information content (AvgIpc) is 3.38. The van der Waals surface area contributed by atoms with Gasteiger partial charge in [0, 0.05) is 32.4 Å². The van der Waals surface area contributed by atoms with Gasteiger partial charge in [0.2, 0.25) is 17.7 Å². The van der Waals surface area contributed by atoms with Gasteiger partial charge < -0.3 is 25.2 Å². The number of aryl methyl sites for hydroxylation is 1. The molecule has 0 bridgehead atoms. The molecule has 1 aliphatic heterocycles. The zero-order chi connectivity index (χ0) is 30.0. The normalized spacial score (nSPS) is 16.5. The van der Waals surface area contributed by atoms with Gasteiger partial charge in [-0.05, 0) is 55.4 Å². The maximum absolute atomic E-state index is 13.6. The number of benzene rings is 2. The summed E-state index contributed by atoms with van der Waals surface area (Å²) in [5, 5.41) is 14.5. The van der Waals surface area contributed by atoms with Crippen LogP contribution in [0.4, 0.5) is 0 Å². The van der Waals surface area contributed by atoms with Gasteiger partial charge in [0.15, 0.2) is 0 Å². The number of carbonyl (C=O) groups excluding carboxylic acids is 3. The van der Waals surface area contributed by atoms with Crippen LogP contribution in [0.2, 0.25) is 0 Å². The van der Waals surface area contributed by atoms with Crippen molar-refractivity contribution in [3.8, 4) is 5.75 Å². The number of rotatable bonds is 14. The highest BCUT2D eigenvalue weighted by Crippen LogP contribution is 2.37. The van der Waals surface area contributed by atoms with Gasteiger partial charge in [0.1, 0.15) is 17.8 Å². The first-order chi connectivity index (χ1) is 19.4. The summed E-state index contributed by atoms with van der Waals surface area (Å²) < 4.78 is 15.6. The predicted octanol–water partition coefficient (Wildman–Crippen LogP) is 2.18. The second kappa shape index (κ2) is 14.8. The molecule has 3 amide bonds. The summed E-state index contributed by atoms with van der Waals surface area (Å²) in [5.41, 5.74) is 1.70. The second-order valence-electron chi connectivity index (χ2n) is 10.0. The Morgan fingerprint density at radius 2 is 1.68 bits per heavy atom. The van der Waals surface area contributed by atoms with Crippen LogP contribution in [-0.4, -0.2) is 68.2 Å². The number of nitrogens with one attached hydrogen (secondary N) is 2. The number of carbonyl (C=O) groups is 4. The van der Waals surface area contributed by atoms with E-state index in [1.54, 1.807) is 4.90 Å². The molecule has 0 spiro atoms. The second-order valence-corrected chi connectivity index (χ2v) is 11.2. The summed E-state index contributed by atoms with van der Waals surface area (Å²) in [7, 11) is -4.74. The van der Waals surface area contributed by atoms with Gasteiger partial charge in [-0.15, -0.1) is 0 Å². The Hall–Kier alpha value is -3.73. The molecule has 0 saturated carbocycles. The van der Waals surface area contributed by atoms with Crippen molar-refractivity contribution in [1.82, 2.24) is 15.5 Å². The molecule has 13 heteroatoms. The molecule has 1 saturated heterocycles. The third kappa shape index (κ3) is 10.6. The largest absolute Gasteiger partial charge is 0.524 e. The Bertz CT molecular complexity index is 1250. The van der Waals surface area contributed by atoms with Crippen molar-refractivity contribution in [2.45, 2.75) is 70.0 Å². The van der Waals surface area contributed by atoms with Gasteiger partial charge in [-0.3, -0.25) is 29.0 Å². The number of carboxylic acid groups (broad SMARTS) is 1. The van der Waals surface area contributed by atoms with E-state index in [4.69, 9.17) is 9.79 Å². The van der Waals surface area contributed by atoms with Crippen LogP contribution in [0, 0.1) is 0 Å². The molecule has 41 heavy (non-hydrogen) atoms. The lowest BCUT2D eigenvalue weighted by atomic mass is 10.0. The van der Waals surface area contributed by atoms with Crippen LogP contribution in [0.3, 0.4) is 0 Å². The first-order valence-electron chi connectivity index (χ1n) is 13.4. The molecule has 3 rings (SSSR count). The van der Waals surface area contributed by atoms with Gasteiger partial charge in [0.05, 0.1) is 0 Å². The highest BCUT2D eigenvalue weighted by atomic mass is 31.2. The standard InChI is InChI=1S/C28H36N3O9P/c1-19(32)29-25(18-21-10-13-23(14-11-21)40-41(37,38)39)27(35)30-24(15-16-26(33)34)28(36)31-17-5-8-22(31)12-9-20-6-3-2-4-7-20/h2-4,6-7,10-11,13-14,22,24-25H,5,8-9,12,15-18H2,1H3,(H,29,32)(H,30,35)(H,33,34)(H2,37,38,39)/t22-,24?,25+/m1/s1. The molecule has 1 unspecified atom stereocenters. The first-order valence-corrected chi connectivity index (χ1v) is 14.9. The molecule has 0 radical (unpaired) electrons. The zero-order valence-corrected chi connectivity index (χ0v) is 23.7. The smallest absolute Gasteiger partial charge is 0.481 e. The van der Waals surface area contributed by atoms with Crippen LogP contribution in [-0.2, 0) is 36.6 Å². The number of carboxylic acids is 1. The molecule has 1 heterocycles. The van der Waals surface area contributed by atoms with Gasteiger partial charge in [-0.1, -0.05) is 42.5 Å². The zero-order valence-electron chi connectivity index (χ0n) is 22.8. The van der Waals surface area contributed by atoms with E-state index >= 15 is 0 Å². The van der Waals surface area contributed by atoms with Crippen molar-refractivity contribution in [3.63, 3.8) is 0 Å². The molecule has 2 aromatic carbocycles. The van der Waals surface area contributed by atoms with E-state index in [-0.39, 0.29) is 37.0 Å². The Morgan fingerprint density at radius 3 is 2.29 bits per heavy atom. The molecule has 1 fully saturated rings. The van der Waals surface area contributed by atoms with Crippen molar-refractivity contribution in [2.24, 2.45) is 0 Å². The first kappa shape index (κ1) is 31.8. The quantitative estimate of drug-likeness (QED) is 0.206. The summed E-state index contributed by atoms with van der Waals surface area (Å²) in [6.07, 6.45) is 2.71. The number of phosphoric ester groups is 1. The SMILES string of the molecule is CC(=O)N[C@@H](Cc1ccc(OP(=O)(O)O)cc1)C(=O)NC(CCC(=O)O)C(=O)N1CCC[C@@H]1CCc1ccccc1. The molecule has 1 aliphatic rings. The Labute approximate surface area is 238 Å². The molecule has 5 N–H and O–H groups in total. The Balaban J connectivity index is 1.71. The molecular weight excluding hydrogens is 553 g/mol. The van der Waals surface area contributed by atoms with Crippen molar-refractivity contribution in [2.75, 3.05) is 6.54 Å². The van der Waals surface area contributed by atoms with E-state index in [0.29, 0.717) is 12.1 Å². The predicted molar refractivity (Wildman–Crippen MR) is 149 cm³/mol. The van der Waals surface area contributed by atoms with Crippen molar-refractivity contribution < 1.29 is 43.2 Å². The maximum Gasteiger partial charge on any atom is 0.524 e. The minimum absolute atomic E-state index is 0.00482. The lowest BCUT2D eigenvalue weighted by Gasteiger charge is -2.30. The summed E-state index contributed by atoms with van der Waals surface area (Å²) in [5.74, 6) is -2.67. The number of phosphoric acid groups is 1. The maximum atomic E-state index is 13.6. The molecule has 0 aliphatic carbocycles. The highest BCUT2D eigenvalue weighted by Gasteiger charge is 2.35. The monoisotopic (exact) mass is 589 g/mol. The molecule has 12 nitrogen and oxygen atoms in total. The Morgan fingerprint density at radius 1 is 1.00 bits per heavy atom. The summed E-state index contributed by atoms with van der Waals surface area (Å²) in [4.78, 5) is 69.8.